The van der Waals surface area contributed by atoms with E-state index >= 15 is 0 Å². The zero-order valence-corrected chi connectivity index (χ0v) is 19.9. The summed E-state index contributed by atoms with van der Waals surface area (Å²) in [4.78, 5) is 39.5. The third-order valence-electron chi connectivity index (χ3n) is 6.34. The second-order valence-corrected chi connectivity index (χ2v) is 10.1. The van der Waals surface area contributed by atoms with Gasteiger partial charge in [0.05, 0.1) is 0 Å². The number of nitrogens with zero attached hydrogens (tertiary/aromatic N) is 2. The Morgan fingerprint density at radius 2 is 1.55 bits per heavy atom. The van der Waals surface area contributed by atoms with Gasteiger partial charge in [-0.3, -0.25) is 4.79 Å². The number of carbonyl (C=O) groups is 3. The van der Waals surface area contributed by atoms with Crippen LogP contribution in [0.3, 0.4) is 0 Å². The van der Waals surface area contributed by atoms with Crippen molar-refractivity contribution in [3.63, 3.8) is 0 Å². The predicted octanol–water partition coefficient (Wildman–Crippen LogP) is 3.75. The minimum absolute atomic E-state index is 0.249. The fourth-order valence-electron chi connectivity index (χ4n) is 4.50. The predicted molar refractivity (Wildman–Crippen MR) is 122 cm³/mol. The normalized spacial score (nSPS) is 19.3. The summed E-state index contributed by atoms with van der Waals surface area (Å²) < 4.78 is 5.21. The van der Waals surface area contributed by atoms with Crippen molar-refractivity contribution in [1.29, 1.82) is 0 Å². The number of ether oxygens (including phenoxy) is 1. The topological polar surface area (TPSA) is 79.0 Å². The Kier molecular flexibility index (Phi) is 10.8. The van der Waals surface area contributed by atoms with Crippen LogP contribution < -0.4 is 5.32 Å². The molecule has 0 atom stereocenters. The molecule has 0 aromatic rings. The van der Waals surface area contributed by atoms with E-state index in [1.165, 1.54) is 0 Å². The molecule has 0 aromatic carbocycles. The second kappa shape index (κ2) is 13.0. The average Bonchev–Trinajstić information content (AvgIpc) is 2.74. The lowest BCUT2D eigenvalue weighted by Crippen LogP contribution is -2.49. The van der Waals surface area contributed by atoms with Gasteiger partial charge in [0, 0.05) is 38.0 Å². The Bertz CT molecular complexity index is 560. The summed E-state index contributed by atoms with van der Waals surface area (Å²) in [7, 11) is 0. The molecule has 2 fully saturated rings. The molecule has 2 rings (SSSR count). The lowest BCUT2D eigenvalue weighted by Gasteiger charge is -2.41. The van der Waals surface area contributed by atoms with Gasteiger partial charge in [-0.25, -0.2) is 4.79 Å². The van der Waals surface area contributed by atoms with Gasteiger partial charge in [0.1, 0.15) is 11.9 Å². The number of hydrogen-bond donors (Lipinski definition) is 1. The van der Waals surface area contributed by atoms with Crippen LogP contribution in [0.1, 0.15) is 85.0 Å². The largest absolute Gasteiger partial charge is 0.444 e. The van der Waals surface area contributed by atoms with Crippen molar-refractivity contribution in [2.45, 2.75) is 96.6 Å². The van der Waals surface area contributed by atoms with E-state index in [0.29, 0.717) is 24.9 Å². The summed E-state index contributed by atoms with van der Waals surface area (Å²) in [6.45, 7) is 9.99. The molecule has 2 aliphatic rings. The molecule has 7 heteroatoms. The van der Waals surface area contributed by atoms with Gasteiger partial charge in [0.15, 0.2) is 0 Å². The van der Waals surface area contributed by atoms with E-state index < -0.39 is 5.60 Å². The van der Waals surface area contributed by atoms with Crippen LogP contribution in [0, 0.1) is 5.92 Å². The molecule has 0 spiro atoms. The second-order valence-electron chi connectivity index (χ2n) is 10.1. The first-order valence-electron chi connectivity index (χ1n) is 12.2. The first-order valence-corrected chi connectivity index (χ1v) is 12.2. The van der Waals surface area contributed by atoms with Gasteiger partial charge in [-0.1, -0.05) is 19.3 Å². The molecule has 0 radical (unpaired) electrons. The summed E-state index contributed by atoms with van der Waals surface area (Å²) in [5.74, 6) is 0.545. The van der Waals surface area contributed by atoms with Gasteiger partial charge >= 0.3 is 6.09 Å². The van der Waals surface area contributed by atoms with Gasteiger partial charge in [-0.2, -0.15) is 0 Å². The Balaban J connectivity index is 1.47. The zero-order valence-electron chi connectivity index (χ0n) is 19.9. The number of hydrogen-bond acceptors (Lipinski definition) is 5. The maximum absolute atomic E-state index is 12.5. The van der Waals surface area contributed by atoms with Crippen LogP contribution in [0.25, 0.3) is 0 Å². The van der Waals surface area contributed by atoms with Crippen LogP contribution in [-0.2, 0) is 14.3 Å². The smallest absolute Gasteiger partial charge is 0.407 e. The van der Waals surface area contributed by atoms with Crippen molar-refractivity contribution in [2.75, 3.05) is 32.7 Å². The van der Waals surface area contributed by atoms with E-state index in [2.05, 4.69) is 10.2 Å². The molecule has 0 bridgehead atoms. The first-order chi connectivity index (χ1) is 14.8. The molecule has 7 nitrogen and oxygen atoms in total. The highest BCUT2D eigenvalue weighted by Crippen LogP contribution is 2.23. The summed E-state index contributed by atoms with van der Waals surface area (Å²) >= 11 is 0. The summed E-state index contributed by atoms with van der Waals surface area (Å²) in [5.41, 5.74) is -0.458. The molecule has 2 aliphatic heterocycles. The van der Waals surface area contributed by atoms with Gasteiger partial charge in [-0.15, -0.1) is 0 Å². The lowest BCUT2D eigenvalue weighted by atomic mass is 9.94. The van der Waals surface area contributed by atoms with Crippen LogP contribution >= 0.6 is 0 Å². The molecule has 2 saturated heterocycles. The maximum Gasteiger partial charge on any atom is 0.407 e. The van der Waals surface area contributed by atoms with Crippen molar-refractivity contribution in [3.05, 3.63) is 0 Å². The fourth-order valence-corrected chi connectivity index (χ4v) is 4.50. The third-order valence-corrected chi connectivity index (χ3v) is 6.34. The quantitative estimate of drug-likeness (QED) is 0.416. The molecule has 2 amide bonds. The Labute approximate surface area is 188 Å². The van der Waals surface area contributed by atoms with Gasteiger partial charge in [0.2, 0.25) is 5.91 Å². The molecule has 2 heterocycles. The van der Waals surface area contributed by atoms with Crippen LogP contribution in [0.2, 0.25) is 0 Å². The molecular formula is C24H43N3O4. The number of unbranched alkanes of at least 4 members (excludes halogenated alkanes) is 4. The minimum atomic E-state index is -0.458. The van der Waals surface area contributed by atoms with Gasteiger partial charge in [0.25, 0.3) is 0 Å². The highest BCUT2D eigenvalue weighted by atomic mass is 16.6. The number of piperidine rings is 2. The van der Waals surface area contributed by atoms with E-state index in [-0.39, 0.29) is 12.0 Å². The lowest BCUT2D eigenvalue weighted by molar-refractivity contribution is -0.133. The van der Waals surface area contributed by atoms with Crippen LogP contribution in [0.5, 0.6) is 0 Å². The molecule has 31 heavy (non-hydrogen) atoms. The average molecular weight is 438 g/mol. The summed E-state index contributed by atoms with van der Waals surface area (Å²) in [5, 5.41) is 2.78. The number of rotatable bonds is 10. The van der Waals surface area contributed by atoms with Crippen molar-refractivity contribution >= 4 is 18.3 Å². The zero-order chi connectivity index (χ0) is 22.7. The highest BCUT2D eigenvalue weighted by molar-refractivity contribution is 5.76. The Morgan fingerprint density at radius 3 is 2.16 bits per heavy atom. The molecule has 1 N–H and O–H groups in total. The Hall–Kier alpha value is -1.63. The summed E-state index contributed by atoms with van der Waals surface area (Å²) in [6, 6.07) is 0.575. The van der Waals surface area contributed by atoms with Gasteiger partial charge < -0.3 is 24.6 Å². The number of likely N-dealkylation sites (tertiary alicyclic amines) is 2. The molecular weight excluding hydrogens is 394 g/mol. The number of nitrogens with one attached hydrogen (secondary N) is 1. The number of amides is 2. The fraction of sp³-hybridized carbons (Fsp3) is 0.875. The summed E-state index contributed by atoms with van der Waals surface area (Å²) in [6.07, 6.45) is 10.6. The number of aldehydes is 1. The van der Waals surface area contributed by atoms with Crippen molar-refractivity contribution in [2.24, 2.45) is 5.92 Å². The molecule has 0 saturated carbocycles. The minimum Gasteiger partial charge on any atom is -0.444 e. The monoisotopic (exact) mass is 437 g/mol. The van der Waals surface area contributed by atoms with Crippen molar-refractivity contribution < 1.29 is 19.1 Å². The van der Waals surface area contributed by atoms with Crippen LogP contribution in [-0.4, -0.2) is 72.5 Å². The standard InChI is InChI=1S/C24H43N3O4/c1-24(2,3)31-23(30)25-14-8-6-4-5-7-9-22(29)27-17-12-21(13-18-27)26-15-10-20(19-28)11-16-26/h19-21H,4-18H2,1-3H3,(H,25,30). The van der Waals surface area contributed by atoms with Crippen molar-refractivity contribution in [1.82, 2.24) is 15.1 Å². The number of alkyl carbamates (subject to hydrolysis) is 1. The Morgan fingerprint density at radius 1 is 0.935 bits per heavy atom. The highest BCUT2D eigenvalue weighted by Gasteiger charge is 2.29. The number of carbonyl (C=O) groups excluding carboxylic acids is 3. The van der Waals surface area contributed by atoms with Gasteiger partial charge in [-0.05, 0) is 72.4 Å². The van der Waals surface area contributed by atoms with Crippen LogP contribution in [0.15, 0.2) is 0 Å². The van der Waals surface area contributed by atoms with E-state index in [1.54, 1.807) is 0 Å². The van der Waals surface area contributed by atoms with E-state index in [1.807, 2.05) is 25.7 Å². The molecule has 0 aliphatic carbocycles. The first kappa shape index (κ1) is 25.6. The van der Waals surface area contributed by atoms with Crippen molar-refractivity contribution in [3.8, 4) is 0 Å². The maximum atomic E-state index is 12.5. The van der Waals surface area contributed by atoms with E-state index in [9.17, 15) is 14.4 Å². The molecule has 0 aromatic heterocycles. The van der Waals surface area contributed by atoms with E-state index in [0.717, 1.165) is 90.3 Å². The third kappa shape index (κ3) is 10.0. The van der Waals surface area contributed by atoms with E-state index in [4.69, 9.17) is 4.74 Å². The van der Waals surface area contributed by atoms with Crippen LogP contribution in [0.4, 0.5) is 4.79 Å². The SMILES string of the molecule is CC(C)(C)OC(=O)NCCCCCCCC(=O)N1CCC(N2CCC(C=O)CC2)CC1. The molecule has 178 valence electrons. The molecule has 0 unspecified atom stereocenters.